The molecule has 4 heterocycles. The molecule has 1 aliphatic rings. The van der Waals surface area contributed by atoms with Gasteiger partial charge in [-0.1, -0.05) is 12.1 Å². The molecule has 0 saturated carbocycles. The number of carbonyl (C=O) groups is 1. The molecule has 2 N–H and O–H groups in total. The van der Waals surface area contributed by atoms with Gasteiger partial charge in [-0.15, -0.1) is 0 Å². The highest BCUT2D eigenvalue weighted by atomic mass is 16.3. The van der Waals surface area contributed by atoms with Gasteiger partial charge >= 0.3 is 0 Å². The van der Waals surface area contributed by atoms with Crippen molar-refractivity contribution in [2.75, 3.05) is 13.1 Å². The summed E-state index contributed by atoms with van der Waals surface area (Å²) in [6, 6.07) is 13.5. The minimum absolute atomic E-state index is 0.0633. The summed E-state index contributed by atoms with van der Waals surface area (Å²) in [6.07, 6.45) is 1.96. The Labute approximate surface area is 161 Å². The molecule has 7 heteroatoms. The Hall–Kier alpha value is -3.35. The minimum Gasteiger partial charge on any atom is -0.460 e. The smallest absolute Gasteiger partial charge is 0.274 e. The molecule has 0 radical (unpaired) electrons. The number of H-pyrrole nitrogens is 2. The predicted octanol–water partition coefficient (Wildman–Crippen LogP) is 3.87. The van der Waals surface area contributed by atoms with E-state index in [4.69, 9.17) is 9.40 Å². The van der Waals surface area contributed by atoms with Gasteiger partial charge in [0.2, 0.25) is 0 Å². The number of aromatic amines is 2. The Morgan fingerprint density at radius 3 is 2.96 bits per heavy atom. The van der Waals surface area contributed by atoms with Crippen LogP contribution in [0.2, 0.25) is 0 Å². The maximum Gasteiger partial charge on any atom is 0.274 e. The first-order valence-electron chi connectivity index (χ1n) is 9.53. The van der Waals surface area contributed by atoms with Gasteiger partial charge in [0, 0.05) is 25.1 Å². The number of rotatable bonds is 3. The SMILES string of the molecule is Cc1ccc(-c2cc(C(=O)N3CCC[C@@H](c4nc5ccccc5[nH]4)C3)n[nH]2)o1. The Morgan fingerprint density at radius 2 is 2.14 bits per heavy atom. The van der Waals surface area contributed by atoms with Crippen molar-refractivity contribution in [3.63, 3.8) is 0 Å². The van der Waals surface area contributed by atoms with E-state index in [-0.39, 0.29) is 11.8 Å². The summed E-state index contributed by atoms with van der Waals surface area (Å²) in [4.78, 5) is 23.0. The summed E-state index contributed by atoms with van der Waals surface area (Å²) in [7, 11) is 0. The topological polar surface area (TPSA) is 90.8 Å². The number of hydrogen-bond donors (Lipinski definition) is 2. The van der Waals surface area contributed by atoms with Crippen LogP contribution in [0.4, 0.5) is 0 Å². The highest BCUT2D eigenvalue weighted by Crippen LogP contribution is 2.28. The maximum atomic E-state index is 13.0. The van der Waals surface area contributed by atoms with Crippen molar-refractivity contribution >= 4 is 16.9 Å². The first-order chi connectivity index (χ1) is 13.7. The average molecular weight is 375 g/mol. The monoisotopic (exact) mass is 375 g/mol. The van der Waals surface area contributed by atoms with Gasteiger partial charge in [-0.3, -0.25) is 9.89 Å². The van der Waals surface area contributed by atoms with E-state index >= 15 is 0 Å². The normalized spacial score (nSPS) is 17.3. The molecule has 0 bridgehead atoms. The summed E-state index contributed by atoms with van der Waals surface area (Å²) < 4.78 is 5.60. The molecule has 1 fully saturated rings. The number of para-hydroxylation sites is 2. The molecule has 5 rings (SSSR count). The number of amides is 1. The molecule has 3 aromatic heterocycles. The molecule has 28 heavy (non-hydrogen) atoms. The van der Waals surface area contributed by atoms with E-state index in [1.807, 2.05) is 48.2 Å². The standard InChI is InChI=1S/C21H21N5O2/c1-13-8-9-19(28-13)17-11-18(25-24-17)21(27)26-10-4-5-14(12-26)20-22-15-6-2-3-7-16(15)23-20/h2-3,6-9,11,14H,4-5,10,12H2,1H3,(H,22,23)(H,24,25)/t14-/m1/s1. The fourth-order valence-electron chi connectivity index (χ4n) is 3.85. The van der Waals surface area contributed by atoms with E-state index in [1.165, 1.54) is 0 Å². The molecule has 1 aromatic carbocycles. The van der Waals surface area contributed by atoms with E-state index in [0.717, 1.165) is 42.0 Å². The zero-order chi connectivity index (χ0) is 19.1. The Morgan fingerprint density at radius 1 is 1.25 bits per heavy atom. The second-order valence-electron chi connectivity index (χ2n) is 7.31. The third kappa shape index (κ3) is 2.98. The highest BCUT2D eigenvalue weighted by Gasteiger charge is 2.28. The molecule has 0 aliphatic carbocycles. The van der Waals surface area contributed by atoms with Crippen molar-refractivity contribution in [1.29, 1.82) is 0 Å². The molecule has 0 spiro atoms. The first kappa shape index (κ1) is 16.8. The van der Waals surface area contributed by atoms with Crippen LogP contribution in [0.1, 0.15) is 40.8 Å². The van der Waals surface area contributed by atoms with Gasteiger partial charge < -0.3 is 14.3 Å². The number of aromatic nitrogens is 4. The van der Waals surface area contributed by atoms with Crippen molar-refractivity contribution in [3.8, 4) is 11.5 Å². The zero-order valence-electron chi connectivity index (χ0n) is 15.6. The molecule has 0 unspecified atom stereocenters. The van der Waals surface area contributed by atoms with Crippen LogP contribution in [0, 0.1) is 6.92 Å². The summed E-state index contributed by atoms with van der Waals surface area (Å²) in [5, 5.41) is 7.12. The average Bonchev–Trinajstić information content (AvgIpc) is 3.46. The predicted molar refractivity (Wildman–Crippen MR) is 105 cm³/mol. The molecule has 1 atom stereocenters. The second kappa shape index (κ2) is 6.67. The number of aryl methyl sites for hydroxylation is 1. The summed E-state index contributed by atoms with van der Waals surface area (Å²) in [5.74, 6) is 2.60. The summed E-state index contributed by atoms with van der Waals surface area (Å²) >= 11 is 0. The second-order valence-corrected chi connectivity index (χ2v) is 7.31. The number of nitrogens with one attached hydrogen (secondary N) is 2. The van der Waals surface area contributed by atoms with Gasteiger partial charge in [-0.25, -0.2) is 4.98 Å². The van der Waals surface area contributed by atoms with Gasteiger partial charge in [0.05, 0.1) is 11.0 Å². The van der Waals surface area contributed by atoms with Crippen molar-refractivity contribution in [1.82, 2.24) is 25.1 Å². The Balaban J connectivity index is 1.34. The summed E-state index contributed by atoms with van der Waals surface area (Å²) in [6.45, 7) is 3.26. The lowest BCUT2D eigenvalue weighted by Gasteiger charge is -2.31. The molecule has 1 aliphatic heterocycles. The Kier molecular flexibility index (Phi) is 4.00. The first-order valence-corrected chi connectivity index (χ1v) is 9.53. The van der Waals surface area contributed by atoms with Gasteiger partial charge in [-0.2, -0.15) is 5.10 Å². The van der Waals surface area contributed by atoms with Crippen molar-refractivity contribution in [3.05, 3.63) is 59.7 Å². The number of piperidine rings is 1. The quantitative estimate of drug-likeness (QED) is 0.569. The van der Waals surface area contributed by atoms with E-state index in [0.29, 0.717) is 23.7 Å². The number of carbonyl (C=O) groups excluding carboxylic acids is 1. The minimum atomic E-state index is -0.0633. The van der Waals surface area contributed by atoms with Gasteiger partial charge in [0.15, 0.2) is 11.5 Å². The van der Waals surface area contributed by atoms with Crippen molar-refractivity contribution < 1.29 is 9.21 Å². The number of likely N-dealkylation sites (tertiary alicyclic amines) is 1. The molecular formula is C21H21N5O2. The fourth-order valence-corrected chi connectivity index (χ4v) is 3.85. The molecule has 4 aromatic rings. The van der Waals surface area contributed by atoms with Gasteiger partial charge in [0.1, 0.15) is 17.3 Å². The Bertz CT molecular complexity index is 1110. The van der Waals surface area contributed by atoms with E-state index < -0.39 is 0 Å². The third-order valence-electron chi connectivity index (χ3n) is 5.31. The molecule has 142 valence electrons. The summed E-state index contributed by atoms with van der Waals surface area (Å²) in [5.41, 5.74) is 3.12. The van der Waals surface area contributed by atoms with Crippen LogP contribution in [0.15, 0.2) is 46.9 Å². The van der Waals surface area contributed by atoms with Crippen LogP contribution < -0.4 is 0 Å². The lowest BCUT2D eigenvalue weighted by molar-refractivity contribution is 0.0699. The number of furan rings is 1. The van der Waals surface area contributed by atoms with Crippen LogP contribution in [0.3, 0.4) is 0 Å². The molecular weight excluding hydrogens is 354 g/mol. The molecule has 7 nitrogen and oxygen atoms in total. The van der Waals surface area contributed by atoms with Crippen LogP contribution in [-0.2, 0) is 0 Å². The number of benzene rings is 1. The number of hydrogen-bond acceptors (Lipinski definition) is 4. The van der Waals surface area contributed by atoms with Gasteiger partial charge in [-0.05, 0) is 44.0 Å². The molecule has 1 amide bonds. The molecule has 1 saturated heterocycles. The van der Waals surface area contributed by atoms with E-state index in [9.17, 15) is 4.79 Å². The highest BCUT2D eigenvalue weighted by molar-refractivity contribution is 5.93. The number of nitrogens with zero attached hydrogens (tertiary/aromatic N) is 3. The van der Waals surface area contributed by atoms with Gasteiger partial charge in [0.25, 0.3) is 5.91 Å². The van der Waals surface area contributed by atoms with E-state index in [1.54, 1.807) is 6.07 Å². The largest absolute Gasteiger partial charge is 0.460 e. The van der Waals surface area contributed by atoms with Crippen molar-refractivity contribution in [2.45, 2.75) is 25.7 Å². The number of imidazole rings is 1. The van der Waals surface area contributed by atoms with Crippen molar-refractivity contribution in [2.24, 2.45) is 0 Å². The van der Waals surface area contributed by atoms with Crippen LogP contribution in [0.25, 0.3) is 22.5 Å². The van der Waals surface area contributed by atoms with Crippen LogP contribution in [0.5, 0.6) is 0 Å². The van der Waals surface area contributed by atoms with E-state index in [2.05, 4.69) is 15.2 Å². The van der Waals surface area contributed by atoms with Crippen LogP contribution >= 0.6 is 0 Å². The fraction of sp³-hybridized carbons (Fsp3) is 0.286. The number of fused-ring (bicyclic) bond motifs is 1. The lowest BCUT2D eigenvalue weighted by atomic mass is 9.97. The zero-order valence-corrected chi connectivity index (χ0v) is 15.6. The third-order valence-corrected chi connectivity index (χ3v) is 5.31. The lowest BCUT2D eigenvalue weighted by Crippen LogP contribution is -2.39. The maximum absolute atomic E-state index is 13.0. The van der Waals surface area contributed by atoms with Crippen LogP contribution in [-0.4, -0.2) is 44.1 Å².